The average Bonchev–Trinajstić information content (AvgIpc) is 2.84. The lowest BCUT2D eigenvalue weighted by molar-refractivity contribution is 0.0182. The SMILES string of the molecule is N#Cc1ccc(COC2CCCC2CN)cc1. The lowest BCUT2D eigenvalue weighted by Gasteiger charge is -2.18. The van der Waals surface area contributed by atoms with E-state index in [2.05, 4.69) is 6.07 Å². The van der Waals surface area contributed by atoms with Gasteiger partial charge in [0.15, 0.2) is 0 Å². The summed E-state index contributed by atoms with van der Waals surface area (Å²) < 4.78 is 5.90. The van der Waals surface area contributed by atoms with Crippen molar-refractivity contribution in [1.29, 1.82) is 5.26 Å². The van der Waals surface area contributed by atoms with E-state index in [0.29, 0.717) is 24.2 Å². The monoisotopic (exact) mass is 230 g/mol. The van der Waals surface area contributed by atoms with Gasteiger partial charge < -0.3 is 10.5 Å². The summed E-state index contributed by atoms with van der Waals surface area (Å²) in [5, 5.41) is 8.70. The zero-order valence-electron chi connectivity index (χ0n) is 9.93. The Morgan fingerprint density at radius 1 is 1.29 bits per heavy atom. The van der Waals surface area contributed by atoms with Gasteiger partial charge in [0.2, 0.25) is 0 Å². The highest BCUT2D eigenvalue weighted by Gasteiger charge is 2.26. The molecule has 0 radical (unpaired) electrons. The van der Waals surface area contributed by atoms with Gasteiger partial charge in [0.05, 0.1) is 24.3 Å². The second kappa shape index (κ2) is 5.81. The molecule has 0 amide bonds. The molecular formula is C14H18N2O. The van der Waals surface area contributed by atoms with E-state index in [4.69, 9.17) is 15.7 Å². The molecule has 90 valence electrons. The molecule has 2 unspecified atom stereocenters. The fourth-order valence-electron chi connectivity index (χ4n) is 2.37. The maximum absolute atomic E-state index is 8.70. The first kappa shape index (κ1) is 12.1. The van der Waals surface area contributed by atoms with Gasteiger partial charge in [-0.15, -0.1) is 0 Å². The fourth-order valence-corrected chi connectivity index (χ4v) is 2.37. The molecule has 2 N–H and O–H groups in total. The topological polar surface area (TPSA) is 59.0 Å². The number of ether oxygens (including phenoxy) is 1. The second-order valence-electron chi connectivity index (χ2n) is 4.58. The quantitative estimate of drug-likeness (QED) is 0.862. The lowest BCUT2D eigenvalue weighted by atomic mass is 10.1. The van der Waals surface area contributed by atoms with E-state index < -0.39 is 0 Å². The third kappa shape index (κ3) is 3.06. The van der Waals surface area contributed by atoms with Crippen LogP contribution < -0.4 is 5.73 Å². The van der Waals surface area contributed by atoms with Crippen LogP contribution in [0.1, 0.15) is 30.4 Å². The van der Waals surface area contributed by atoms with Crippen LogP contribution in [0.15, 0.2) is 24.3 Å². The molecule has 1 saturated carbocycles. The highest BCUT2D eigenvalue weighted by Crippen LogP contribution is 2.28. The summed E-state index contributed by atoms with van der Waals surface area (Å²) in [6, 6.07) is 9.66. The van der Waals surface area contributed by atoms with Crippen LogP contribution in [0.3, 0.4) is 0 Å². The van der Waals surface area contributed by atoms with Crippen LogP contribution in [0.25, 0.3) is 0 Å². The van der Waals surface area contributed by atoms with Crippen molar-refractivity contribution in [3.05, 3.63) is 35.4 Å². The molecule has 0 spiro atoms. The highest BCUT2D eigenvalue weighted by atomic mass is 16.5. The Kier molecular flexibility index (Phi) is 4.13. The normalized spacial score (nSPS) is 23.5. The van der Waals surface area contributed by atoms with E-state index >= 15 is 0 Å². The Balaban J connectivity index is 1.87. The first-order chi connectivity index (χ1) is 8.33. The van der Waals surface area contributed by atoms with Crippen molar-refractivity contribution in [2.75, 3.05) is 6.54 Å². The molecule has 1 aromatic carbocycles. The molecular weight excluding hydrogens is 212 g/mol. The summed E-state index contributed by atoms with van der Waals surface area (Å²) in [6.45, 7) is 1.34. The Morgan fingerprint density at radius 2 is 2.06 bits per heavy atom. The van der Waals surface area contributed by atoms with Gasteiger partial charge >= 0.3 is 0 Å². The first-order valence-electron chi connectivity index (χ1n) is 6.14. The number of nitrogens with two attached hydrogens (primary N) is 1. The van der Waals surface area contributed by atoms with Gasteiger partial charge in [0.25, 0.3) is 0 Å². The van der Waals surface area contributed by atoms with E-state index in [9.17, 15) is 0 Å². The molecule has 1 aromatic rings. The molecule has 17 heavy (non-hydrogen) atoms. The van der Waals surface area contributed by atoms with Crippen LogP contribution in [0.2, 0.25) is 0 Å². The molecule has 0 aliphatic heterocycles. The summed E-state index contributed by atoms with van der Waals surface area (Å²) in [7, 11) is 0. The molecule has 3 nitrogen and oxygen atoms in total. The minimum absolute atomic E-state index is 0.315. The van der Waals surface area contributed by atoms with Gasteiger partial charge in [-0.2, -0.15) is 5.26 Å². The molecule has 2 rings (SSSR count). The molecule has 1 aliphatic carbocycles. The average molecular weight is 230 g/mol. The van der Waals surface area contributed by atoms with Crippen molar-refractivity contribution >= 4 is 0 Å². The Bertz CT molecular complexity index is 394. The van der Waals surface area contributed by atoms with Crippen molar-refractivity contribution in [1.82, 2.24) is 0 Å². The first-order valence-corrected chi connectivity index (χ1v) is 6.14. The summed E-state index contributed by atoms with van der Waals surface area (Å²) in [4.78, 5) is 0. The van der Waals surface area contributed by atoms with E-state index in [-0.39, 0.29) is 0 Å². The minimum atomic E-state index is 0.315. The zero-order chi connectivity index (χ0) is 12.1. The standard InChI is InChI=1S/C14H18N2O/c15-8-11-4-6-12(7-5-11)10-17-14-3-1-2-13(14)9-16/h4-7,13-14H,1-3,9-10,16H2. The number of nitrogens with zero attached hydrogens (tertiary/aromatic N) is 1. The summed E-state index contributed by atoms with van der Waals surface area (Å²) in [6.07, 6.45) is 3.85. The van der Waals surface area contributed by atoms with Crippen molar-refractivity contribution in [3.63, 3.8) is 0 Å². The van der Waals surface area contributed by atoms with Crippen LogP contribution in [0.5, 0.6) is 0 Å². The maximum Gasteiger partial charge on any atom is 0.0991 e. The largest absolute Gasteiger partial charge is 0.373 e. The molecule has 1 fully saturated rings. The summed E-state index contributed by atoms with van der Waals surface area (Å²) in [5.74, 6) is 0.522. The summed E-state index contributed by atoms with van der Waals surface area (Å²) in [5.41, 5.74) is 7.52. The van der Waals surface area contributed by atoms with Gasteiger partial charge in [-0.3, -0.25) is 0 Å². The maximum atomic E-state index is 8.70. The van der Waals surface area contributed by atoms with Gasteiger partial charge in [-0.25, -0.2) is 0 Å². The van der Waals surface area contributed by atoms with Gasteiger partial charge in [0, 0.05) is 0 Å². The lowest BCUT2D eigenvalue weighted by Crippen LogP contribution is -2.25. The van der Waals surface area contributed by atoms with E-state index in [0.717, 1.165) is 18.5 Å². The number of rotatable bonds is 4. The second-order valence-corrected chi connectivity index (χ2v) is 4.58. The number of hydrogen-bond acceptors (Lipinski definition) is 3. The molecule has 1 aliphatic rings. The van der Waals surface area contributed by atoms with Crippen molar-refractivity contribution in [3.8, 4) is 6.07 Å². The number of nitriles is 1. The highest BCUT2D eigenvalue weighted by molar-refractivity contribution is 5.31. The van der Waals surface area contributed by atoms with Crippen molar-refractivity contribution < 1.29 is 4.74 Å². The predicted molar refractivity (Wildman–Crippen MR) is 66.1 cm³/mol. The summed E-state index contributed by atoms with van der Waals surface area (Å²) >= 11 is 0. The van der Waals surface area contributed by atoms with Crippen LogP contribution in [-0.4, -0.2) is 12.6 Å². The van der Waals surface area contributed by atoms with Gasteiger partial charge in [0.1, 0.15) is 0 Å². The number of benzene rings is 1. The third-order valence-corrected chi connectivity index (χ3v) is 3.44. The molecule has 0 aromatic heterocycles. The van der Waals surface area contributed by atoms with Gasteiger partial charge in [-0.05, 0) is 43.0 Å². The fraction of sp³-hybridized carbons (Fsp3) is 0.500. The minimum Gasteiger partial charge on any atom is -0.373 e. The zero-order valence-corrected chi connectivity index (χ0v) is 9.93. The van der Waals surface area contributed by atoms with E-state index in [1.165, 1.54) is 12.8 Å². The molecule has 2 atom stereocenters. The van der Waals surface area contributed by atoms with Crippen molar-refractivity contribution in [2.24, 2.45) is 11.7 Å². The van der Waals surface area contributed by atoms with Gasteiger partial charge in [-0.1, -0.05) is 18.6 Å². The van der Waals surface area contributed by atoms with Crippen LogP contribution in [0, 0.1) is 17.2 Å². The Labute approximate surface area is 102 Å². The number of hydrogen-bond donors (Lipinski definition) is 1. The molecule has 0 bridgehead atoms. The van der Waals surface area contributed by atoms with E-state index in [1.807, 2.05) is 24.3 Å². The third-order valence-electron chi connectivity index (χ3n) is 3.44. The van der Waals surface area contributed by atoms with Crippen LogP contribution in [-0.2, 0) is 11.3 Å². The molecule has 0 saturated heterocycles. The Hall–Kier alpha value is -1.37. The smallest absolute Gasteiger partial charge is 0.0991 e. The van der Waals surface area contributed by atoms with Crippen molar-refractivity contribution in [2.45, 2.75) is 32.0 Å². The molecule has 3 heteroatoms. The predicted octanol–water partition coefficient (Wildman–Crippen LogP) is 2.20. The van der Waals surface area contributed by atoms with E-state index in [1.54, 1.807) is 0 Å². The van der Waals surface area contributed by atoms with Crippen LogP contribution >= 0.6 is 0 Å². The Morgan fingerprint density at radius 3 is 2.71 bits per heavy atom. The van der Waals surface area contributed by atoms with Crippen LogP contribution in [0.4, 0.5) is 0 Å². The molecule has 0 heterocycles.